The van der Waals surface area contributed by atoms with Gasteiger partial charge in [0.1, 0.15) is 12.9 Å². The van der Waals surface area contributed by atoms with Crippen LogP contribution in [-0.4, -0.2) is 14.9 Å². The van der Waals surface area contributed by atoms with Crippen LogP contribution < -0.4 is 28.5 Å². The smallest absolute Gasteiger partial charge is 0.271 e. The van der Waals surface area contributed by atoms with E-state index in [9.17, 15) is 10.1 Å². The number of aromatic nitrogens is 3. The van der Waals surface area contributed by atoms with E-state index < -0.39 is 4.92 Å². The Kier molecular flexibility index (Phi) is 3.98. The Labute approximate surface area is 131 Å². The average Bonchev–Trinajstić information content (AvgIpc) is 2.81. The lowest BCUT2D eigenvalue weighted by Gasteiger charge is -1.93. The summed E-state index contributed by atoms with van der Waals surface area (Å²) in [6, 6.07) is 8.46. The minimum absolute atomic E-state index is 0. The Morgan fingerprint density at radius 1 is 1.35 bits per heavy atom. The van der Waals surface area contributed by atoms with Crippen molar-refractivity contribution in [3.05, 3.63) is 52.8 Å². The van der Waals surface area contributed by atoms with Crippen molar-refractivity contribution in [1.82, 2.24) is 9.97 Å². The number of nitro benzene ring substituents is 1. The molecule has 6 nitrogen and oxygen atoms in total. The lowest BCUT2D eigenvalue weighted by Crippen LogP contribution is -3.00. The van der Waals surface area contributed by atoms with Gasteiger partial charge >= 0.3 is 0 Å². The second-order valence-corrected chi connectivity index (χ2v) is 4.30. The number of aryl methyl sites for hydroxylation is 1. The lowest BCUT2D eigenvalue weighted by molar-refractivity contribution is -0.671. The van der Waals surface area contributed by atoms with Gasteiger partial charge in [0.15, 0.2) is 12.4 Å². The van der Waals surface area contributed by atoms with Crippen molar-refractivity contribution in [1.29, 1.82) is 0 Å². The number of fused-ring (bicyclic) bond motifs is 1. The molecule has 7 heteroatoms. The molecule has 3 rings (SSSR count). The first-order valence-electron chi connectivity index (χ1n) is 5.73. The number of nitro groups is 1. The minimum atomic E-state index is -0.414. The maximum atomic E-state index is 10.7. The molecule has 0 saturated carbocycles. The molecule has 3 aromatic rings. The van der Waals surface area contributed by atoms with Crippen LogP contribution in [0.15, 0.2) is 42.7 Å². The molecule has 0 fully saturated rings. The molecule has 1 N–H and O–H groups in total. The second kappa shape index (κ2) is 5.53. The summed E-state index contributed by atoms with van der Waals surface area (Å²) < 4.78 is 1.92. The van der Waals surface area contributed by atoms with Gasteiger partial charge in [-0.25, -0.2) is 9.55 Å². The fraction of sp³-hybridized carbons (Fsp3) is 0.0769. The normalized spacial score (nSPS) is 10.2. The second-order valence-electron chi connectivity index (χ2n) is 4.30. The van der Waals surface area contributed by atoms with Crippen molar-refractivity contribution in [2.75, 3.05) is 0 Å². The average molecular weight is 382 g/mol. The zero-order chi connectivity index (χ0) is 13.4. The number of benzene rings is 1. The Hall–Kier alpha value is -2.03. The fourth-order valence-electron chi connectivity index (χ4n) is 1.98. The van der Waals surface area contributed by atoms with E-state index in [2.05, 4.69) is 9.97 Å². The molecular formula is C13H11IN4O2. The molecule has 0 amide bonds. The van der Waals surface area contributed by atoms with E-state index in [1.54, 1.807) is 6.07 Å². The van der Waals surface area contributed by atoms with E-state index in [4.69, 9.17) is 0 Å². The van der Waals surface area contributed by atoms with Gasteiger partial charge in [-0.1, -0.05) is 0 Å². The van der Waals surface area contributed by atoms with Gasteiger partial charge in [-0.3, -0.25) is 10.1 Å². The topological polar surface area (TPSA) is 75.7 Å². The highest BCUT2D eigenvalue weighted by Gasteiger charge is 2.11. The third kappa shape index (κ3) is 2.62. The lowest BCUT2D eigenvalue weighted by atomic mass is 10.3. The summed E-state index contributed by atoms with van der Waals surface area (Å²) in [4.78, 5) is 17.9. The van der Waals surface area contributed by atoms with Crippen LogP contribution in [0.5, 0.6) is 0 Å². The predicted molar refractivity (Wildman–Crippen MR) is 69.4 cm³/mol. The summed E-state index contributed by atoms with van der Waals surface area (Å²) in [5.41, 5.74) is 2.37. The Morgan fingerprint density at radius 2 is 2.15 bits per heavy atom. The summed E-state index contributed by atoms with van der Waals surface area (Å²) in [5, 5.41) is 10.7. The number of hydrogen-bond donors (Lipinski definition) is 1. The Morgan fingerprint density at radius 3 is 2.85 bits per heavy atom. The molecule has 1 aromatic carbocycles. The number of nitrogens with zero attached hydrogens (tertiary/aromatic N) is 3. The van der Waals surface area contributed by atoms with Gasteiger partial charge in [0.05, 0.1) is 21.5 Å². The number of aromatic amines is 1. The maximum absolute atomic E-state index is 10.7. The first-order valence-corrected chi connectivity index (χ1v) is 5.73. The number of halogens is 1. The summed E-state index contributed by atoms with van der Waals surface area (Å²) >= 11 is 0. The molecular weight excluding hydrogens is 371 g/mol. The molecule has 0 aliphatic rings. The predicted octanol–water partition coefficient (Wildman–Crippen LogP) is -1.03. The van der Waals surface area contributed by atoms with Crippen molar-refractivity contribution in [2.45, 2.75) is 0 Å². The summed E-state index contributed by atoms with van der Waals surface area (Å²) in [6.45, 7) is 0. The molecule has 0 aliphatic heterocycles. The highest BCUT2D eigenvalue weighted by atomic mass is 127. The van der Waals surface area contributed by atoms with Gasteiger partial charge in [0.2, 0.25) is 0 Å². The van der Waals surface area contributed by atoms with Gasteiger partial charge in [0.25, 0.3) is 5.69 Å². The van der Waals surface area contributed by atoms with Crippen molar-refractivity contribution >= 4 is 16.7 Å². The first kappa shape index (κ1) is 14.4. The monoisotopic (exact) mass is 382 g/mol. The number of nitrogens with one attached hydrogen (secondary N) is 1. The number of imidazole rings is 1. The third-order valence-corrected chi connectivity index (χ3v) is 2.89. The highest BCUT2D eigenvalue weighted by molar-refractivity contribution is 5.81. The number of H-pyrrole nitrogens is 1. The fourth-order valence-corrected chi connectivity index (χ4v) is 1.98. The SMILES string of the molecule is C[n+]1cccc(-c2nc3ccc([N+](=O)[O-])cc3[nH]2)c1.[I-]. The summed E-state index contributed by atoms with van der Waals surface area (Å²) in [6.07, 6.45) is 3.86. The number of hydrogen-bond acceptors (Lipinski definition) is 3. The van der Waals surface area contributed by atoms with Gasteiger partial charge in [-0.2, -0.15) is 0 Å². The molecule has 0 unspecified atom stereocenters. The molecule has 2 heterocycles. The Balaban J connectivity index is 0.00000147. The number of pyridine rings is 1. The molecule has 0 saturated heterocycles. The summed E-state index contributed by atoms with van der Waals surface area (Å²) in [5.74, 6) is 0.701. The number of non-ortho nitro benzene ring substituents is 1. The maximum Gasteiger partial charge on any atom is 0.271 e. The molecule has 2 aromatic heterocycles. The standard InChI is InChI=1S/C13H11N4O2.HI/c1-16-6-2-3-9(8-16)13-14-11-5-4-10(17(18)19)7-12(11)15-13;/h2-8H,1H3,(H,14,15);1H/q+1;/p-1. The van der Waals surface area contributed by atoms with Crippen LogP contribution in [0.2, 0.25) is 0 Å². The largest absolute Gasteiger partial charge is 1.00 e. The molecule has 0 radical (unpaired) electrons. The van der Waals surface area contributed by atoms with E-state index in [1.807, 2.05) is 36.1 Å². The van der Waals surface area contributed by atoms with E-state index in [0.717, 1.165) is 5.56 Å². The zero-order valence-corrected chi connectivity index (χ0v) is 12.7. The van der Waals surface area contributed by atoms with Crippen LogP contribution in [0.25, 0.3) is 22.4 Å². The molecule has 20 heavy (non-hydrogen) atoms. The Bertz CT molecular complexity index is 785. The van der Waals surface area contributed by atoms with Gasteiger partial charge in [-0.15, -0.1) is 0 Å². The van der Waals surface area contributed by atoms with Gasteiger partial charge < -0.3 is 29.0 Å². The summed E-state index contributed by atoms with van der Waals surface area (Å²) in [7, 11) is 1.93. The van der Waals surface area contributed by atoms with Crippen molar-refractivity contribution in [2.24, 2.45) is 7.05 Å². The molecule has 0 aliphatic carbocycles. The molecule has 0 spiro atoms. The van der Waals surface area contributed by atoms with E-state index in [0.29, 0.717) is 16.9 Å². The van der Waals surface area contributed by atoms with Crippen LogP contribution in [0.3, 0.4) is 0 Å². The van der Waals surface area contributed by atoms with Crippen LogP contribution >= 0.6 is 0 Å². The van der Waals surface area contributed by atoms with E-state index in [-0.39, 0.29) is 29.7 Å². The highest BCUT2D eigenvalue weighted by Crippen LogP contribution is 2.22. The first-order chi connectivity index (χ1) is 9.13. The third-order valence-electron chi connectivity index (χ3n) is 2.89. The van der Waals surface area contributed by atoms with E-state index in [1.165, 1.54) is 12.1 Å². The molecule has 0 bridgehead atoms. The molecule has 102 valence electrons. The van der Waals surface area contributed by atoms with Crippen molar-refractivity contribution in [3.8, 4) is 11.4 Å². The van der Waals surface area contributed by atoms with Crippen LogP contribution in [-0.2, 0) is 7.05 Å². The van der Waals surface area contributed by atoms with Crippen molar-refractivity contribution < 1.29 is 33.5 Å². The van der Waals surface area contributed by atoms with Gasteiger partial charge in [0, 0.05) is 18.2 Å². The van der Waals surface area contributed by atoms with E-state index >= 15 is 0 Å². The van der Waals surface area contributed by atoms with Gasteiger partial charge in [-0.05, 0) is 12.1 Å². The number of rotatable bonds is 2. The molecule has 0 atom stereocenters. The van der Waals surface area contributed by atoms with Crippen LogP contribution in [0.4, 0.5) is 5.69 Å². The van der Waals surface area contributed by atoms with Crippen LogP contribution in [0.1, 0.15) is 0 Å². The zero-order valence-electron chi connectivity index (χ0n) is 10.6. The quantitative estimate of drug-likeness (QED) is 0.267. The van der Waals surface area contributed by atoms with Crippen molar-refractivity contribution in [3.63, 3.8) is 0 Å². The minimum Gasteiger partial charge on any atom is -1.00 e. The van der Waals surface area contributed by atoms with Crippen LogP contribution in [0, 0.1) is 10.1 Å².